The van der Waals surface area contributed by atoms with Crippen LogP contribution in [-0.4, -0.2) is 46.2 Å². The summed E-state index contributed by atoms with van der Waals surface area (Å²) in [6.07, 6.45) is 4.09. The molecule has 0 unspecified atom stereocenters. The van der Waals surface area contributed by atoms with Crippen LogP contribution in [0.1, 0.15) is 56.2 Å². The lowest BCUT2D eigenvalue weighted by Crippen LogP contribution is -2.55. The largest absolute Gasteiger partial charge is 0.381 e. The van der Waals surface area contributed by atoms with Crippen molar-refractivity contribution in [2.75, 3.05) is 18.5 Å². The van der Waals surface area contributed by atoms with E-state index >= 15 is 0 Å². The number of nitrogens with one attached hydrogen (secondary N) is 1. The van der Waals surface area contributed by atoms with Gasteiger partial charge in [0.15, 0.2) is 11.8 Å². The van der Waals surface area contributed by atoms with Gasteiger partial charge in [-0.1, -0.05) is 23.7 Å². The van der Waals surface area contributed by atoms with E-state index in [4.69, 9.17) is 27.1 Å². The Morgan fingerprint density at radius 3 is 2.59 bits per heavy atom. The molecule has 168 valence electrons. The van der Waals surface area contributed by atoms with Gasteiger partial charge in [0.2, 0.25) is 5.91 Å². The fourth-order valence-electron chi connectivity index (χ4n) is 4.53. The fraction of sp³-hybridized carbons (Fsp3) is 0.478. The smallest absolute Gasteiger partial charge is 0.232 e. The van der Waals surface area contributed by atoms with E-state index in [1.54, 1.807) is 4.90 Å². The number of aromatic nitrogens is 2. The summed E-state index contributed by atoms with van der Waals surface area (Å²) in [4.78, 5) is 19.5. The topological polar surface area (TPSA) is 106 Å². The third-order valence-corrected chi connectivity index (χ3v) is 6.86. The minimum Gasteiger partial charge on any atom is -0.381 e. The van der Waals surface area contributed by atoms with Gasteiger partial charge in [0.05, 0.1) is 28.4 Å². The third-order valence-electron chi connectivity index (χ3n) is 6.45. The molecule has 5 rings (SSSR count). The summed E-state index contributed by atoms with van der Waals surface area (Å²) in [5, 5.41) is 12.3. The highest BCUT2D eigenvalue weighted by molar-refractivity contribution is 6.34. The summed E-state index contributed by atoms with van der Waals surface area (Å²) in [7, 11) is 0. The van der Waals surface area contributed by atoms with Crippen LogP contribution in [-0.2, 0) is 15.1 Å². The van der Waals surface area contributed by atoms with E-state index < -0.39 is 5.54 Å². The van der Waals surface area contributed by atoms with Crippen molar-refractivity contribution in [3.63, 3.8) is 0 Å². The lowest BCUT2D eigenvalue weighted by molar-refractivity contribution is -0.132. The molecule has 1 saturated carbocycles. The second kappa shape index (κ2) is 8.33. The van der Waals surface area contributed by atoms with Crippen LogP contribution in [0.25, 0.3) is 0 Å². The number of carbonyl (C=O) groups excluding carboxylic acids is 1. The summed E-state index contributed by atoms with van der Waals surface area (Å²) >= 11 is 6.79. The average Bonchev–Trinajstić information content (AvgIpc) is 3.61. The molecule has 1 aromatic heterocycles. The first kappa shape index (κ1) is 21.2. The zero-order chi connectivity index (χ0) is 22.3. The number of hydrogen-bond acceptors (Lipinski definition) is 7. The van der Waals surface area contributed by atoms with E-state index in [2.05, 4.69) is 15.5 Å². The average molecular weight is 455 g/mol. The third kappa shape index (κ3) is 4.04. The predicted molar refractivity (Wildman–Crippen MR) is 123 cm³/mol. The lowest BCUT2D eigenvalue weighted by atomic mass is 9.86. The molecule has 1 amide bonds. The Kier molecular flexibility index (Phi) is 5.51. The van der Waals surface area contributed by atoms with Crippen molar-refractivity contribution >= 4 is 35.0 Å². The molecule has 2 fully saturated rings. The molecule has 2 aromatic rings. The van der Waals surface area contributed by atoms with Crippen LogP contribution in [0, 0.1) is 0 Å². The minimum absolute atomic E-state index is 0.0326. The number of carbonyl (C=O) groups is 1. The molecule has 0 bridgehead atoms. The van der Waals surface area contributed by atoms with Gasteiger partial charge in [-0.15, -0.1) is 5.10 Å². The fourth-order valence-corrected chi connectivity index (χ4v) is 4.91. The highest BCUT2D eigenvalue weighted by atomic mass is 35.5. The van der Waals surface area contributed by atoms with E-state index in [9.17, 15) is 4.79 Å². The molecule has 9 heteroatoms. The molecule has 1 aliphatic carbocycles. The van der Waals surface area contributed by atoms with Crippen molar-refractivity contribution in [1.82, 2.24) is 15.1 Å². The number of ether oxygens (including phenoxy) is 1. The van der Waals surface area contributed by atoms with Crippen LogP contribution in [0.15, 0.2) is 35.3 Å². The quantitative estimate of drug-likeness (QED) is 0.713. The summed E-state index contributed by atoms with van der Waals surface area (Å²) in [6, 6.07) is 9.60. The lowest BCUT2D eigenvalue weighted by Gasteiger charge is -2.40. The number of rotatable bonds is 5. The maximum Gasteiger partial charge on any atom is 0.232 e. The molecule has 3 heterocycles. The first-order chi connectivity index (χ1) is 15.4. The molecule has 1 saturated heterocycles. The second-order valence-electron chi connectivity index (χ2n) is 8.94. The second-order valence-corrected chi connectivity index (χ2v) is 9.32. The van der Waals surface area contributed by atoms with Gasteiger partial charge in [-0.25, -0.2) is 4.99 Å². The first-order valence-electron chi connectivity index (χ1n) is 11.1. The Morgan fingerprint density at radius 1 is 1.16 bits per heavy atom. The van der Waals surface area contributed by atoms with E-state index in [0.717, 1.165) is 24.1 Å². The minimum atomic E-state index is -0.848. The van der Waals surface area contributed by atoms with Gasteiger partial charge in [-0.05, 0) is 50.8 Å². The standard InChI is InChI=1S/C23H27ClN6O2/c1-23(13-20(31)30(22(25)27-23)15-9-11-32-12-10-15)16-3-2-4-18(21(16)24)26-19-8-7-17(28-29-19)14-5-6-14/h2-4,7-8,14-15H,5-6,9-13H2,1H3,(H2,25,27)(H,26,29)/t23-/m0/s1. The van der Waals surface area contributed by atoms with Crippen molar-refractivity contribution in [2.24, 2.45) is 10.7 Å². The van der Waals surface area contributed by atoms with Gasteiger partial charge in [-0.2, -0.15) is 5.10 Å². The Bertz CT molecular complexity index is 1050. The van der Waals surface area contributed by atoms with E-state index in [0.29, 0.717) is 35.7 Å². The van der Waals surface area contributed by atoms with Gasteiger partial charge in [-0.3, -0.25) is 9.69 Å². The Labute approximate surface area is 192 Å². The van der Waals surface area contributed by atoms with Crippen LogP contribution in [0.4, 0.5) is 11.5 Å². The number of halogens is 1. The number of benzene rings is 1. The predicted octanol–water partition coefficient (Wildman–Crippen LogP) is 3.69. The molecule has 1 aromatic carbocycles. The number of nitrogens with zero attached hydrogens (tertiary/aromatic N) is 4. The number of anilines is 2. The highest BCUT2D eigenvalue weighted by Gasteiger charge is 2.41. The molecule has 0 radical (unpaired) electrons. The van der Waals surface area contributed by atoms with Crippen molar-refractivity contribution in [3.8, 4) is 0 Å². The van der Waals surface area contributed by atoms with E-state index in [1.165, 1.54) is 12.8 Å². The van der Waals surface area contributed by atoms with Crippen molar-refractivity contribution in [1.29, 1.82) is 0 Å². The van der Waals surface area contributed by atoms with Crippen LogP contribution in [0.2, 0.25) is 5.02 Å². The SMILES string of the molecule is C[C@@]1(c2cccc(Nc3ccc(C4CC4)nn3)c2Cl)CC(=O)N(C2CCOCC2)C(N)=N1. The number of nitrogens with two attached hydrogens (primary N) is 1. The molecule has 1 atom stereocenters. The number of hydrogen-bond donors (Lipinski definition) is 2. The maximum atomic E-state index is 13.1. The van der Waals surface area contributed by atoms with Gasteiger partial charge < -0.3 is 15.8 Å². The highest BCUT2D eigenvalue weighted by Crippen LogP contribution is 2.42. The Hall–Kier alpha value is -2.71. The van der Waals surface area contributed by atoms with Crippen molar-refractivity contribution in [2.45, 2.75) is 56.5 Å². The van der Waals surface area contributed by atoms with Crippen molar-refractivity contribution < 1.29 is 9.53 Å². The Balaban J connectivity index is 1.40. The summed E-state index contributed by atoms with van der Waals surface area (Å²) in [5.74, 6) is 1.37. The number of amides is 1. The zero-order valence-corrected chi connectivity index (χ0v) is 18.8. The van der Waals surface area contributed by atoms with Gasteiger partial charge in [0, 0.05) is 30.7 Å². The normalized spacial score (nSPS) is 24.4. The number of aliphatic imine (C=N–C) groups is 1. The van der Waals surface area contributed by atoms with Crippen LogP contribution in [0.3, 0.4) is 0 Å². The maximum absolute atomic E-state index is 13.1. The molecule has 0 spiro atoms. The van der Waals surface area contributed by atoms with Crippen LogP contribution >= 0.6 is 11.6 Å². The molecular formula is C23H27ClN6O2. The van der Waals surface area contributed by atoms with Crippen LogP contribution < -0.4 is 11.1 Å². The van der Waals surface area contributed by atoms with E-state index in [1.807, 2.05) is 37.3 Å². The van der Waals surface area contributed by atoms with E-state index in [-0.39, 0.29) is 24.3 Å². The Morgan fingerprint density at radius 2 is 1.94 bits per heavy atom. The van der Waals surface area contributed by atoms with Crippen molar-refractivity contribution in [3.05, 3.63) is 46.6 Å². The monoisotopic (exact) mass is 454 g/mol. The van der Waals surface area contributed by atoms with Crippen LogP contribution in [0.5, 0.6) is 0 Å². The molecule has 3 N–H and O–H groups in total. The first-order valence-corrected chi connectivity index (χ1v) is 11.5. The van der Waals surface area contributed by atoms with Gasteiger partial charge >= 0.3 is 0 Å². The zero-order valence-electron chi connectivity index (χ0n) is 18.1. The molecule has 8 nitrogen and oxygen atoms in total. The summed E-state index contributed by atoms with van der Waals surface area (Å²) in [5.41, 5.74) is 7.92. The molecule has 32 heavy (non-hydrogen) atoms. The van der Waals surface area contributed by atoms with Gasteiger partial charge in [0.25, 0.3) is 0 Å². The molecule has 3 aliphatic rings. The molecular weight excluding hydrogens is 428 g/mol. The number of guanidine groups is 1. The summed E-state index contributed by atoms with van der Waals surface area (Å²) in [6.45, 7) is 3.15. The molecule has 2 aliphatic heterocycles. The summed E-state index contributed by atoms with van der Waals surface area (Å²) < 4.78 is 5.42. The van der Waals surface area contributed by atoms with Gasteiger partial charge in [0.1, 0.15) is 0 Å².